The lowest BCUT2D eigenvalue weighted by Crippen LogP contribution is -2.27. The molecule has 3 nitrogen and oxygen atoms in total. The number of nitrogens with zero attached hydrogens (tertiary/aromatic N) is 2. The average Bonchev–Trinajstić information content (AvgIpc) is 2.30. The van der Waals surface area contributed by atoms with Gasteiger partial charge in [0.15, 0.2) is 0 Å². The first-order valence-corrected chi connectivity index (χ1v) is 3.31. The Morgan fingerprint density at radius 1 is 1.54 bits per heavy atom. The largest absolute Gasteiger partial charge is 0.396 e. The van der Waals surface area contributed by atoms with Crippen molar-refractivity contribution in [3.05, 3.63) is 11.9 Å². The highest BCUT2D eigenvalue weighted by Gasteiger charge is 2.46. The van der Waals surface area contributed by atoms with Crippen molar-refractivity contribution in [2.24, 2.45) is 7.05 Å². The molecule has 1 aromatic rings. The predicted molar refractivity (Wildman–Crippen MR) is 37.5 cm³/mol. The number of nitrogens with two attached hydrogens (primary N) is 1. The van der Waals surface area contributed by atoms with Crippen LogP contribution in [0.3, 0.4) is 0 Å². The van der Waals surface area contributed by atoms with Crippen molar-refractivity contribution in [1.82, 2.24) is 9.78 Å². The van der Waals surface area contributed by atoms with E-state index in [1.165, 1.54) is 0 Å². The molecule has 2 N–H and O–H groups in total. The molecule has 1 rings (SSSR count). The number of aromatic nitrogens is 2. The minimum atomic E-state index is -4.25. The zero-order valence-electron chi connectivity index (χ0n) is 6.64. The molecule has 1 heterocycles. The summed E-state index contributed by atoms with van der Waals surface area (Å²) < 4.78 is 49.9. The molecular formula is C6H7F4N3. The first-order valence-electron chi connectivity index (χ1n) is 3.31. The molecule has 74 valence electrons. The monoisotopic (exact) mass is 197 g/mol. The molecule has 0 unspecified atom stereocenters. The van der Waals surface area contributed by atoms with Gasteiger partial charge in [0.2, 0.25) is 0 Å². The van der Waals surface area contributed by atoms with Gasteiger partial charge in [-0.3, -0.25) is 4.68 Å². The lowest BCUT2D eigenvalue weighted by Gasteiger charge is -2.15. The molecule has 0 aliphatic rings. The van der Waals surface area contributed by atoms with Crippen LogP contribution in [0, 0.1) is 0 Å². The Morgan fingerprint density at radius 2 is 2.08 bits per heavy atom. The van der Waals surface area contributed by atoms with Gasteiger partial charge in [-0.05, 0) is 0 Å². The lowest BCUT2D eigenvalue weighted by atomic mass is 10.2. The third-order valence-corrected chi connectivity index (χ3v) is 1.56. The van der Waals surface area contributed by atoms with Crippen LogP contribution in [0.15, 0.2) is 6.20 Å². The minimum absolute atomic E-state index is 0.437. The summed E-state index contributed by atoms with van der Waals surface area (Å²) in [4.78, 5) is 0. The summed E-state index contributed by atoms with van der Waals surface area (Å²) >= 11 is 0. The molecule has 7 heteroatoms. The second-order valence-corrected chi connectivity index (χ2v) is 2.50. The molecule has 0 aliphatic carbocycles. The first-order chi connectivity index (χ1) is 5.87. The topological polar surface area (TPSA) is 43.8 Å². The number of hydrogen-bond donors (Lipinski definition) is 1. The maximum atomic E-state index is 12.7. The second-order valence-electron chi connectivity index (χ2n) is 2.50. The van der Waals surface area contributed by atoms with E-state index in [1.807, 2.05) is 0 Å². The molecule has 1 aromatic heterocycles. The molecular weight excluding hydrogens is 190 g/mol. The number of aryl methyl sites for hydroxylation is 1. The van der Waals surface area contributed by atoms with Crippen LogP contribution in [0.1, 0.15) is 5.69 Å². The first kappa shape index (κ1) is 9.82. The number of nitrogen functional groups attached to an aromatic ring is 1. The highest BCUT2D eigenvalue weighted by Crippen LogP contribution is 2.36. The van der Waals surface area contributed by atoms with Crippen LogP contribution >= 0.6 is 0 Å². The summed E-state index contributed by atoms with van der Waals surface area (Å²) in [6.07, 6.45) is -2.88. The predicted octanol–water partition coefficient (Wildman–Crippen LogP) is 1.36. The van der Waals surface area contributed by atoms with E-state index in [9.17, 15) is 17.6 Å². The van der Waals surface area contributed by atoms with E-state index in [1.54, 1.807) is 0 Å². The Balaban J connectivity index is 3.20. The fourth-order valence-electron chi connectivity index (χ4n) is 0.966. The van der Waals surface area contributed by atoms with Crippen LogP contribution < -0.4 is 5.73 Å². The summed E-state index contributed by atoms with van der Waals surface area (Å²) in [7, 11) is 1.13. The van der Waals surface area contributed by atoms with Crippen LogP contribution in [0.5, 0.6) is 0 Å². The summed E-state index contributed by atoms with van der Waals surface area (Å²) in [6, 6.07) is 0. The lowest BCUT2D eigenvalue weighted by molar-refractivity contribution is -0.139. The third kappa shape index (κ3) is 1.45. The Bertz CT molecular complexity index is 287. The molecule has 0 saturated carbocycles. The number of anilines is 1. The number of halogens is 4. The smallest absolute Gasteiger partial charge is 0.350 e. The van der Waals surface area contributed by atoms with Gasteiger partial charge < -0.3 is 5.73 Å². The van der Waals surface area contributed by atoms with Crippen molar-refractivity contribution < 1.29 is 17.6 Å². The van der Waals surface area contributed by atoms with Crippen LogP contribution in [0.4, 0.5) is 23.2 Å². The van der Waals surface area contributed by atoms with Crippen molar-refractivity contribution in [2.75, 3.05) is 5.73 Å². The van der Waals surface area contributed by atoms with Gasteiger partial charge in [0.1, 0.15) is 5.69 Å². The van der Waals surface area contributed by atoms with Gasteiger partial charge in [0.05, 0.1) is 11.9 Å². The van der Waals surface area contributed by atoms with E-state index in [4.69, 9.17) is 5.73 Å². The van der Waals surface area contributed by atoms with Gasteiger partial charge in [0, 0.05) is 7.05 Å². The van der Waals surface area contributed by atoms with Crippen LogP contribution in [0.25, 0.3) is 0 Å². The van der Waals surface area contributed by atoms with E-state index in [2.05, 4.69) is 5.10 Å². The van der Waals surface area contributed by atoms with E-state index >= 15 is 0 Å². The second kappa shape index (κ2) is 2.90. The molecule has 0 bridgehead atoms. The molecule has 0 aliphatic heterocycles. The summed E-state index contributed by atoms with van der Waals surface area (Å²) in [5.41, 5.74) is 3.68. The standard InChI is InChI=1S/C6H7F4N3/c1-13-4(3(11)2-12-13)6(9,10)5(7)8/h2,5H,11H2,1H3. The van der Waals surface area contributed by atoms with Gasteiger partial charge in [-0.2, -0.15) is 13.9 Å². The molecule has 0 atom stereocenters. The Labute approximate surface area is 71.1 Å². The SMILES string of the molecule is Cn1ncc(N)c1C(F)(F)C(F)F. The van der Waals surface area contributed by atoms with Crippen molar-refractivity contribution in [1.29, 1.82) is 0 Å². The van der Waals surface area contributed by atoms with E-state index in [0.29, 0.717) is 4.68 Å². The van der Waals surface area contributed by atoms with Crippen molar-refractivity contribution >= 4 is 5.69 Å². The molecule has 0 spiro atoms. The fraction of sp³-hybridized carbons (Fsp3) is 0.500. The summed E-state index contributed by atoms with van der Waals surface area (Å²) in [5, 5.41) is 3.34. The van der Waals surface area contributed by atoms with Gasteiger partial charge >= 0.3 is 12.3 Å². The van der Waals surface area contributed by atoms with Crippen molar-refractivity contribution in [3.8, 4) is 0 Å². The highest BCUT2D eigenvalue weighted by molar-refractivity contribution is 5.43. The van der Waals surface area contributed by atoms with Gasteiger partial charge in [-0.15, -0.1) is 0 Å². The molecule has 0 saturated heterocycles. The van der Waals surface area contributed by atoms with Crippen LogP contribution in [-0.4, -0.2) is 16.2 Å². The quantitative estimate of drug-likeness (QED) is 0.727. The van der Waals surface area contributed by atoms with Crippen molar-refractivity contribution in [2.45, 2.75) is 12.3 Å². The highest BCUT2D eigenvalue weighted by atomic mass is 19.3. The summed E-state index contributed by atoms with van der Waals surface area (Å²) in [5.74, 6) is -4.25. The normalized spacial score (nSPS) is 12.5. The Hall–Kier alpha value is -1.27. The zero-order chi connectivity index (χ0) is 10.2. The number of rotatable bonds is 2. The van der Waals surface area contributed by atoms with E-state index in [-0.39, 0.29) is 0 Å². The van der Waals surface area contributed by atoms with Crippen LogP contribution in [-0.2, 0) is 13.0 Å². The fourth-order valence-corrected chi connectivity index (χ4v) is 0.966. The molecule has 0 aromatic carbocycles. The van der Waals surface area contributed by atoms with E-state index < -0.39 is 23.7 Å². The minimum Gasteiger partial charge on any atom is -0.396 e. The summed E-state index contributed by atoms with van der Waals surface area (Å²) in [6.45, 7) is 0. The maximum absolute atomic E-state index is 12.7. The Kier molecular flexibility index (Phi) is 2.19. The van der Waals surface area contributed by atoms with Crippen molar-refractivity contribution in [3.63, 3.8) is 0 Å². The molecule has 0 amide bonds. The molecule has 0 radical (unpaired) electrons. The number of hydrogen-bond acceptors (Lipinski definition) is 2. The van der Waals surface area contributed by atoms with Gasteiger partial charge in [0.25, 0.3) is 0 Å². The third-order valence-electron chi connectivity index (χ3n) is 1.56. The van der Waals surface area contributed by atoms with E-state index in [0.717, 1.165) is 13.2 Å². The maximum Gasteiger partial charge on any atom is 0.350 e. The van der Waals surface area contributed by atoms with Gasteiger partial charge in [-0.1, -0.05) is 0 Å². The average molecular weight is 197 g/mol. The molecule has 13 heavy (non-hydrogen) atoms. The van der Waals surface area contributed by atoms with Gasteiger partial charge in [-0.25, -0.2) is 8.78 Å². The zero-order valence-corrected chi connectivity index (χ0v) is 6.64. The Morgan fingerprint density at radius 3 is 2.38 bits per heavy atom. The molecule has 0 fully saturated rings. The van der Waals surface area contributed by atoms with Crippen LogP contribution in [0.2, 0.25) is 0 Å². The number of alkyl halides is 4.